The SMILES string of the molecule is Cc1nccn1C[C@@H]1CCCN(C(=O)c2nccn2C)C1. The van der Waals surface area contributed by atoms with E-state index in [1.165, 1.54) is 0 Å². The van der Waals surface area contributed by atoms with Crippen LogP contribution in [0.5, 0.6) is 0 Å². The van der Waals surface area contributed by atoms with E-state index in [2.05, 4.69) is 14.5 Å². The molecular formula is C15H21N5O. The maximum absolute atomic E-state index is 12.5. The minimum atomic E-state index is 0.0366. The molecule has 1 amide bonds. The first-order chi connectivity index (χ1) is 10.1. The molecule has 0 radical (unpaired) electrons. The summed E-state index contributed by atoms with van der Waals surface area (Å²) < 4.78 is 3.95. The van der Waals surface area contributed by atoms with Crippen molar-refractivity contribution in [2.24, 2.45) is 13.0 Å². The van der Waals surface area contributed by atoms with Gasteiger partial charge in [-0.1, -0.05) is 0 Å². The van der Waals surface area contributed by atoms with E-state index in [0.717, 1.165) is 38.3 Å². The predicted octanol–water partition coefficient (Wildman–Crippen LogP) is 1.48. The van der Waals surface area contributed by atoms with E-state index in [4.69, 9.17) is 0 Å². The molecule has 3 rings (SSSR count). The van der Waals surface area contributed by atoms with Crippen LogP contribution < -0.4 is 0 Å². The Bertz CT molecular complexity index is 630. The molecule has 1 aliphatic heterocycles. The fraction of sp³-hybridized carbons (Fsp3) is 0.533. The topological polar surface area (TPSA) is 56.0 Å². The zero-order valence-corrected chi connectivity index (χ0v) is 12.6. The lowest BCUT2D eigenvalue weighted by Gasteiger charge is -2.32. The molecule has 6 nitrogen and oxygen atoms in total. The van der Waals surface area contributed by atoms with Crippen molar-refractivity contribution in [1.82, 2.24) is 24.0 Å². The number of hydrogen-bond acceptors (Lipinski definition) is 3. The molecule has 2 aromatic heterocycles. The number of rotatable bonds is 3. The van der Waals surface area contributed by atoms with Crippen LogP contribution in [0.15, 0.2) is 24.8 Å². The van der Waals surface area contributed by atoms with Gasteiger partial charge in [-0.25, -0.2) is 9.97 Å². The molecule has 0 N–H and O–H groups in total. The number of nitrogens with zero attached hydrogens (tertiary/aromatic N) is 5. The van der Waals surface area contributed by atoms with Gasteiger partial charge >= 0.3 is 0 Å². The van der Waals surface area contributed by atoms with Crippen LogP contribution in [0.25, 0.3) is 0 Å². The van der Waals surface area contributed by atoms with Gasteiger partial charge in [0.05, 0.1) is 0 Å². The Labute approximate surface area is 124 Å². The number of likely N-dealkylation sites (tertiary alicyclic amines) is 1. The number of hydrogen-bond donors (Lipinski definition) is 0. The molecule has 0 aromatic carbocycles. The molecule has 2 aromatic rings. The van der Waals surface area contributed by atoms with Crippen molar-refractivity contribution in [1.29, 1.82) is 0 Å². The lowest BCUT2D eigenvalue weighted by molar-refractivity contribution is 0.0646. The monoisotopic (exact) mass is 287 g/mol. The van der Waals surface area contributed by atoms with Crippen molar-refractivity contribution in [2.75, 3.05) is 13.1 Å². The Balaban J connectivity index is 1.67. The summed E-state index contributed by atoms with van der Waals surface area (Å²) in [5.41, 5.74) is 0. The van der Waals surface area contributed by atoms with Crippen molar-refractivity contribution in [3.05, 3.63) is 36.4 Å². The van der Waals surface area contributed by atoms with Gasteiger partial charge in [0.25, 0.3) is 5.91 Å². The number of aryl methyl sites for hydroxylation is 2. The summed E-state index contributed by atoms with van der Waals surface area (Å²) in [5, 5.41) is 0. The number of aromatic nitrogens is 4. The summed E-state index contributed by atoms with van der Waals surface area (Å²) in [6, 6.07) is 0. The third-order valence-corrected chi connectivity index (χ3v) is 4.20. The quantitative estimate of drug-likeness (QED) is 0.859. The van der Waals surface area contributed by atoms with Crippen molar-refractivity contribution < 1.29 is 4.79 Å². The molecule has 1 fully saturated rings. The summed E-state index contributed by atoms with van der Waals surface area (Å²) >= 11 is 0. The van der Waals surface area contributed by atoms with Gasteiger partial charge in [0.15, 0.2) is 5.82 Å². The van der Waals surface area contributed by atoms with E-state index >= 15 is 0 Å². The molecule has 112 valence electrons. The van der Waals surface area contributed by atoms with E-state index in [1.54, 1.807) is 10.8 Å². The predicted molar refractivity (Wildman–Crippen MR) is 78.8 cm³/mol. The summed E-state index contributed by atoms with van der Waals surface area (Å²) in [5.74, 6) is 2.07. The molecule has 0 aliphatic carbocycles. The minimum absolute atomic E-state index is 0.0366. The molecular weight excluding hydrogens is 266 g/mol. The number of piperidine rings is 1. The molecule has 1 aliphatic rings. The van der Waals surface area contributed by atoms with Crippen molar-refractivity contribution >= 4 is 5.91 Å². The fourth-order valence-corrected chi connectivity index (χ4v) is 2.99. The molecule has 0 spiro atoms. The number of carbonyl (C=O) groups is 1. The number of carbonyl (C=O) groups excluding carboxylic acids is 1. The highest BCUT2D eigenvalue weighted by molar-refractivity contribution is 5.90. The molecule has 1 atom stereocenters. The second-order valence-electron chi connectivity index (χ2n) is 5.75. The summed E-state index contributed by atoms with van der Waals surface area (Å²) in [6.07, 6.45) is 9.52. The smallest absolute Gasteiger partial charge is 0.289 e. The molecule has 0 unspecified atom stereocenters. The zero-order valence-electron chi connectivity index (χ0n) is 12.6. The van der Waals surface area contributed by atoms with Crippen molar-refractivity contribution in [2.45, 2.75) is 26.3 Å². The van der Waals surface area contributed by atoms with Gasteiger partial charge < -0.3 is 14.0 Å². The average molecular weight is 287 g/mol. The highest BCUT2D eigenvalue weighted by Gasteiger charge is 2.26. The van der Waals surface area contributed by atoms with Crippen LogP contribution in [0.1, 0.15) is 29.3 Å². The van der Waals surface area contributed by atoms with Crippen LogP contribution >= 0.6 is 0 Å². The summed E-state index contributed by atoms with van der Waals surface area (Å²) in [7, 11) is 1.86. The summed E-state index contributed by atoms with van der Waals surface area (Å²) in [4.78, 5) is 22.9. The second-order valence-corrected chi connectivity index (χ2v) is 5.75. The molecule has 21 heavy (non-hydrogen) atoms. The Kier molecular flexibility index (Phi) is 3.77. The fourth-order valence-electron chi connectivity index (χ4n) is 2.99. The molecule has 6 heteroatoms. The van der Waals surface area contributed by atoms with Crippen LogP contribution in [-0.2, 0) is 13.6 Å². The van der Waals surface area contributed by atoms with E-state index in [1.807, 2.05) is 37.5 Å². The lowest BCUT2D eigenvalue weighted by Crippen LogP contribution is -2.42. The van der Waals surface area contributed by atoms with Gasteiger partial charge in [-0.3, -0.25) is 4.79 Å². The standard InChI is InChI=1S/C15H21N5O/c1-12-16-6-9-19(12)10-13-4-3-7-20(11-13)15(21)14-17-5-8-18(14)2/h5-6,8-9,13H,3-4,7,10-11H2,1-2H3/t13-/m0/s1. The Hall–Kier alpha value is -2.11. The van der Waals surface area contributed by atoms with E-state index in [-0.39, 0.29) is 5.91 Å². The summed E-state index contributed by atoms with van der Waals surface area (Å²) in [6.45, 7) is 4.56. The number of imidazole rings is 2. The largest absolute Gasteiger partial charge is 0.336 e. The van der Waals surface area contributed by atoms with Crippen molar-refractivity contribution in [3.8, 4) is 0 Å². The normalized spacial score (nSPS) is 19.0. The van der Waals surface area contributed by atoms with Crippen LogP contribution in [0, 0.1) is 12.8 Å². The van der Waals surface area contributed by atoms with Gasteiger partial charge in [-0.2, -0.15) is 0 Å². The third-order valence-electron chi connectivity index (χ3n) is 4.20. The number of amides is 1. The molecule has 0 saturated carbocycles. The maximum Gasteiger partial charge on any atom is 0.289 e. The maximum atomic E-state index is 12.5. The van der Waals surface area contributed by atoms with Crippen LogP contribution in [0.4, 0.5) is 0 Å². The Morgan fingerprint density at radius 3 is 2.81 bits per heavy atom. The van der Waals surface area contributed by atoms with Gasteiger partial charge in [0.2, 0.25) is 0 Å². The highest BCUT2D eigenvalue weighted by Crippen LogP contribution is 2.20. The first kappa shape index (κ1) is 13.9. The van der Waals surface area contributed by atoms with E-state index < -0.39 is 0 Å². The Morgan fingerprint density at radius 1 is 1.33 bits per heavy atom. The van der Waals surface area contributed by atoms with Gasteiger partial charge in [-0.05, 0) is 25.7 Å². The van der Waals surface area contributed by atoms with E-state index in [0.29, 0.717) is 11.7 Å². The molecule has 3 heterocycles. The van der Waals surface area contributed by atoms with Crippen LogP contribution in [-0.4, -0.2) is 43.0 Å². The van der Waals surface area contributed by atoms with Gasteiger partial charge in [0.1, 0.15) is 5.82 Å². The zero-order chi connectivity index (χ0) is 14.8. The van der Waals surface area contributed by atoms with Crippen LogP contribution in [0.3, 0.4) is 0 Å². The first-order valence-electron chi connectivity index (χ1n) is 7.39. The lowest BCUT2D eigenvalue weighted by atomic mass is 9.97. The highest BCUT2D eigenvalue weighted by atomic mass is 16.2. The molecule has 1 saturated heterocycles. The first-order valence-corrected chi connectivity index (χ1v) is 7.39. The van der Waals surface area contributed by atoms with Gasteiger partial charge in [0, 0.05) is 51.5 Å². The second kappa shape index (κ2) is 5.71. The van der Waals surface area contributed by atoms with Crippen LogP contribution in [0.2, 0.25) is 0 Å². The Morgan fingerprint density at radius 2 is 2.14 bits per heavy atom. The molecule has 0 bridgehead atoms. The minimum Gasteiger partial charge on any atom is -0.336 e. The van der Waals surface area contributed by atoms with Crippen molar-refractivity contribution in [3.63, 3.8) is 0 Å². The average Bonchev–Trinajstić information content (AvgIpc) is 3.08. The van der Waals surface area contributed by atoms with Gasteiger partial charge in [-0.15, -0.1) is 0 Å². The van der Waals surface area contributed by atoms with E-state index in [9.17, 15) is 4.79 Å². The third kappa shape index (κ3) is 2.84.